The van der Waals surface area contributed by atoms with E-state index in [9.17, 15) is 0 Å². The first kappa shape index (κ1) is 9.24. The molecular weight excluding hydrogens is 146 g/mol. The van der Waals surface area contributed by atoms with E-state index in [0.717, 1.165) is 0 Å². The number of hydrogen-bond acceptors (Lipinski definition) is 1. The second-order valence-corrected chi connectivity index (χ2v) is 3.49. The molecule has 0 fully saturated rings. The van der Waals surface area contributed by atoms with Gasteiger partial charge in [0, 0.05) is 11.9 Å². The summed E-state index contributed by atoms with van der Waals surface area (Å²) in [6.07, 6.45) is 4.30. The van der Waals surface area contributed by atoms with Gasteiger partial charge in [0.1, 0.15) is 0 Å². The number of pyridine rings is 1. The van der Waals surface area contributed by atoms with Gasteiger partial charge in [-0.25, -0.2) is 0 Å². The molecule has 0 aliphatic rings. The first-order chi connectivity index (χ1) is 5.74. The maximum atomic E-state index is 4.32. The fraction of sp³-hybridized carbons (Fsp3) is 0.545. The topological polar surface area (TPSA) is 12.9 Å². The van der Waals surface area contributed by atoms with Crippen molar-refractivity contribution in [1.82, 2.24) is 4.98 Å². The molecule has 1 nitrogen and oxygen atoms in total. The van der Waals surface area contributed by atoms with Gasteiger partial charge in [-0.2, -0.15) is 0 Å². The van der Waals surface area contributed by atoms with E-state index in [1.807, 2.05) is 6.20 Å². The van der Waals surface area contributed by atoms with E-state index in [4.69, 9.17) is 0 Å². The molecule has 0 spiro atoms. The van der Waals surface area contributed by atoms with Gasteiger partial charge in [0.2, 0.25) is 0 Å². The SMILES string of the molecule is CCCc1ccnc(C(C)C)c1. The van der Waals surface area contributed by atoms with Gasteiger partial charge in [-0.3, -0.25) is 4.98 Å². The zero-order valence-corrected chi connectivity index (χ0v) is 8.17. The Kier molecular flexibility index (Phi) is 3.27. The van der Waals surface area contributed by atoms with E-state index in [1.54, 1.807) is 0 Å². The lowest BCUT2D eigenvalue weighted by Crippen LogP contribution is -1.94. The van der Waals surface area contributed by atoms with Crippen LogP contribution in [0.15, 0.2) is 18.3 Å². The molecule has 0 bridgehead atoms. The highest BCUT2D eigenvalue weighted by Crippen LogP contribution is 2.13. The zero-order valence-electron chi connectivity index (χ0n) is 8.17. The van der Waals surface area contributed by atoms with E-state index >= 15 is 0 Å². The standard InChI is InChI=1S/C11H17N/c1-4-5-10-6-7-12-11(8-10)9(2)3/h6-9H,4-5H2,1-3H3. The quantitative estimate of drug-likeness (QED) is 0.667. The molecule has 1 aromatic heterocycles. The van der Waals surface area contributed by atoms with Crippen molar-refractivity contribution in [3.63, 3.8) is 0 Å². The summed E-state index contributed by atoms with van der Waals surface area (Å²) >= 11 is 0. The predicted octanol–water partition coefficient (Wildman–Crippen LogP) is 3.16. The lowest BCUT2D eigenvalue weighted by Gasteiger charge is -2.05. The van der Waals surface area contributed by atoms with Crippen LogP contribution in [0.2, 0.25) is 0 Å². The third-order valence-electron chi connectivity index (χ3n) is 1.98. The fourth-order valence-electron chi connectivity index (χ4n) is 1.25. The molecule has 0 radical (unpaired) electrons. The first-order valence-corrected chi connectivity index (χ1v) is 4.69. The van der Waals surface area contributed by atoms with E-state index in [1.165, 1.54) is 24.1 Å². The molecule has 1 heteroatoms. The summed E-state index contributed by atoms with van der Waals surface area (Å²) in [5.41, 5.74) is 2.62. The van der Waals surface area contributed by atoms with Crippen molar-refractivity contribution in [3.8, 4) is 0 Å². The van der Waals surface area contributed by atoms with Crippen LogP contribution in [0, 0.1) is 0 Å². The Morgan fingerprint density at radius 2 is 2.17 bits per heavy atom. The molecule has 0 amide bonds. The molecule has 0 N–H and O–H groups in total. The summed E-state index contributed by atoms with van der Waals surface area (Å²) in [4.78, 5) is 4.32. The number of hydrogen-bond donors (Lipinski definition) is 0. The molecule has 1 rings (SSSR count). The Morgan fingerprint density at radius 3 is 2.75 bits per heavy atom. The van der Waals surface area contributed by atoms with Crippen LogP contribution < -0.4 is 0 Å². The number of aryl methyl sites for hydroxylation is 1. The molecular formula is C11H17N. The Bertz CT molecular complexity index is 241. The first-order valence-electron chi connectivity index (χ1n) is 4.69. The predicted molar refractivity (Wildman–Crippen MR) is 52.3 cm³/mol. The molecule has 0 aliphatic heterocycles. The minimum atomic E-state index is 0.543. The Balaban J connectivity index is 2.81. The maximum Gasteiger partial charge on any atom is 0.0431 e. The van der Waals surface area contributed by atoms with E-state index in [-0.39, 0.29) is 0 Å². The molecule has 1 aromatic rings. The Morgan fingerprint density at radius 1 is 1.42 bits per heavy atom. The monoisotopic (exact) mass is 163 g/mol. The van der Waals surface area contributed by atoms with Crippen molar-refractivity contribution in [3.05, 3.63) is 29.6 Å². The van der Waals surface area contributed by atoms with Crippen LogP contribution in [0.5, 0.6) is 0 Å². The molecule has 0 saturated heterocycles. The summed E-state index contributed by atoms with van der Waals surface area (Å²) in [6, 6.07) is 4.32. The number of aromatic nitrogens is 1. The summed E-state index contributed by atoms with van der Waals surface area (Å²) in [5, 5.41) is 0. The normalized spacial score (nSPS) is 10.7. The molecule has 0 unspecified atom stereocenters. The molecule has 0 aliphatic carbocycles. The molecule has 0 atom stereocenters. The maximum absolute atomic E-state index is 4.32. The lowest BCUT2D eigenvalue weighted by atomic mass is 10.1. The smallest absolute Gasteiger partial charge is 0.0431 e. The average molecular weight is 163 g/mol. The fourth-order valence-corrected chi connectivity index (χ4v) is 1.25. The third-order valence-corrected chi connectivity index (χ3v) is 1.98. The Hall–Kier alpha value is -0.850. The summed E-state index contributed by atoms with van der Waals surface area (Å²) < 4.78 is 0. The van der Waals surface area contributed by atoms with Gasteiger partial charge in [-0.1, -0.05) is 27.2 Å². The zero-order chi connectivity index (χ0) is 8.97. The summed E-state index contributed by atoms with van der Waals surface area (Å²) in [7, 11) is 0. The van der Waals surface area contributed by atoms with Gasteiger partial charge in [-0.05, 0) is 30.0 Å². The highest BCUT2D eigenvalue weighted by molar-refractivity contribution is 5.18. The van der Waals surface area contributed by atoms with Crippen molar-refractivity contribution in [2.75, 3.05) is 0 Å². The highest BCUT2D eigenvalue weighted by atomic mass is 14.7. The van der Waals surface area contributed by atoms with Gasteiger partial charge in [0.15, 0.2) is 0 Å². The highest BCUT2D eigenvalue weighted by Gasteiger charge is 2.00. The summed E-state index contributed by atoms with van der Waals surface area (Å²) in [6.45, 7) is 6.56. The molecule has 12 heavy (non-hydrogen) atoms. The molecule has 1 heterocycles. The molecule has 0 saturated carbocycles. The van der Waals surface area contributed by atoms with Gasteiger partial charge >= 0.3 is 0 Å². The van der Waals surface area contributed by atoms with Crippen LogP contribution in [0.3, 0.4) is 0 Å². The van der Waals surface area contributed by atoms with Crippen LogP contribution in [0.4, 0.5) is 0 Å². The average Bonchev–Trinajstić information content (AvgIpc) is 2.05. The van der Waals surface area contributed by atoms with Crippen molar-refractivity contribution < 1.29 is 0 Å². The minimum Gasteiger partial charge on any atom is -0.261 e. The second-order valence-electron chi connectivity index (χ2n) is 3.49. The van der Waals surface area contributed by atoms with Crippen LogP contribution in [-0.2, 0) is 6.42 Å². The van der Waals surface area contributed by atoms with Gasteiger partial charge < -0.3 is 0 Å². The lowest BCUT2D eigenvalue weighted by molar-refractivity contribution is 0.812. The molecule has 0 aromatic carbocycles. The minimum absolute atomic E-state index is 0.543. The van der Waals surface area contributed by atoms with Gasteiger partial charge in [0.25, 0.3) is 0 Å². The van der Waals surface area contributed by atoms with Crippen LogP contribution >= 0.6 is 0 Å². The van der Waals surface area contributed by atoms with E-state index in [2.05, 4.69) is 37.9 Å². The van der Waals surface area contributed by atoms with Gasteiger partial charge in [0.05, 0.1) is 0 Å². The van der Waals surface area contributed by atoms with Crippen molar-refractivity contribution in [2.24, 2.45) is 0 Å². The second kappa shape index (κ2) is 4.24. The largest absolute Gasteiger partial charge is 0.261 e. The third kappa shape index (κ3) is 2.33. The number of rotatable bonds is 3. The van der Waals surface area contributed by atoms with Crippen LogP contribution in [-0.4, -0.2) is 4.98 Å². The van der Waals surface area contributed by atoms with Crippen LogP contribution in [0.25, 0.3) is 0 Å². The van der Waals surface area contributed by atoms with Crippen LogP contribution in [0.1, 0.15) is 44.4 Å². The number of nitrogens with zero attached hydrogens (tertiary/aromatic N) is 1. The van der Waals surface area contributed by atoms with E-state index in [0.29, 0.717) is 5.92 Å². The Labute approximate surface area is 74.8 Å². The summed E-state index contributed by atoms with van der Waals surface area (Å²) in [5.74, 6) is 0.543. The van der Waals surface area contributed by atoms with Crippen molar-refractivity contribution >= 4 is 0 Å². The molecule has 66 valence electrons. The van der Waals surface area contributed by atoms with Crippen molar-refractivity contribution in [1.29, 1.82) is 0 Å². The van der Waals surface area contributed by atoms with E-state index < -0.39 is 0 Å². The van der Waals surface area contributed by atoms with Gasteiger partial charge in [-0.15, -0.1) is 0 Å². The van der Waals surface area contributed by atoms with Crippen molar-refractivity contribution in [2.45, 2.75) is 39.5 Å².